The van der Waals surface area contributed by atoms with Gasteiger partial charge in [-0.05, 0) is 24.7 Å². The topological polar surface area (TPSA) is 20.3 Å². The van der Waals surface area contributed by atoms with Crippen molar-refractivity contribution in [1.82, 2.24) is 4.90 Å². The smallest absolute Gasteiger partial charge is 0.255 e. The van der Waals surface area contributed by atoms with Gasteiger partial charge in [-0.25, -0.2) is 0 Å². The van der Waals surface area contributed by atoms with Crippen LogP contribution in [0.15, 0.2) is 12.2 Å². The lowest BCUT2D eigenvalue weighted by molar-refractivity contribution is -0.130. The van der Waals surface area contributed by atoms with E-state index in [4.69, 9.17) is 23.2 Å². The van der Waals surface area contributed by atoms with Crippen LogP contribution in [0.3, 0.4) is 0 Å². The van der Waals surface area contributed by atoms with E-state index in [0.29, 0.717) is 17.9 Å². The maximum atomic E-state index is 11.5. The lowest BCUT2D eigenvalue weighted by Crippen LogP contribution is -2.42. The van der Waals surface area contributed by atoms with E-state index in [1.807, 2.05) is 0 Å². The summed E-state index contributed by atoms with van der Waals surface area (Å²) in [5.74, 6) is 0.990. The van der Waals surface area contributed by atoms with Gasteiger partial charge in [0, 0.05) is 13.1 Å². The molecule has 4 heteroatoms. The van der Waals surface area contributed by atoms with Crippen LogP contribution in [-0.4, -0.2) is 28.7 Å². The normalized spacial score (nSPS) is 34.1. The van der Waals surface area contributed by atoms with Crippen LogP contribution in [0.5, 0.6) is 0 Å². The van der Waals surface area contributed by atoms with Gasteiger partial charge in [0.05, 0.1) is 0 Å². The molecule has 2 rings (SSSR count). The monoisotopic (exact) mass is 233 g/mol. The predicted octanol–water partition coefficient (Wildman–Crippen LogP) is 2.21. The van der Waals surface area contributed by atoms with E-state index in [0.717, 1.165) is 6.42 Å². The number of hydrogen-bond acceptors (Lipinski definition) is 1. The molecule has 14 heavy (non-hydrogen) atoms. The molecule has 2 aliphatic rings. The first kappa shape index (κ1) is 10.3. The lowest BCUT2D eigenvalue weighted by Gasteiger charge is -2.29. The molecule has 0 heterocycles. The van der Waals surface area contributed by atoms with Crippen molar-refractivity contribution in [3.05, 3.63) is 12.2 Å². The molecule has 2 bridgehead atoms. The molecule has 0 aliphatic heterocycles. The van der Waals surface area contributed by atoms with Crippen LogP contribution in [0, 0.1) is 11.8 Å². The molecule has 0 unspecified atom stereocenters. The third kappa shape index (κ3) is 1.66. The molecular formula is C10H13Cl2NO. The van der Waals surface area contributed by atoms with Crippen molar-refractivity contribution < 1.29 is 4.79 Å². The largest absolute Gasteiger partial charge is 0.340 e. The number of carbonyl (C=O) groups is 1. The summed E-state index contributed by atoms with van der Waals surface area (Å²) in [6, 6.07) is 0.303. The van der Waals surface area contributed by atoms with Gasteiger partial charge < -0.3 is 4.90 Å². The summed E-state index contributed by atoms with van der Waals surface area (Å²) in [5, 5.41) is 0. The summed E-state index contributed by atoms with van der Waals surface area (Å²) in [7, 11) is 1.79. The zero-order valence-corrected chi connectivity index (χ0v) is 9.50. The summed E-state index contributed by atoms with van der Waals surface area (Å²) in [6.07, 6.45) is 6.69. The molecule has 1 amide bonds. The number of rotatable bonds is 2. The van der Waals surface area contributed by atoms with Gasteiger partial charge in [-0.3, -0.25) is 4.79 Å². The van der Waals surface area contributed by atoms with Crippen molar-refractivity contribution in [2.45, 2.75) is 23.7 Å². The molecule has 0 radical (unpaired) electrons. The number of amides is 1. The second kappa shape index (κ2) is 3.74. The highest BCUT2D eigenvalue weighted by atomic mass is 35.5. The Kier molecular flexibility index (Phi) is 2.76. The van der Waals surface area contributed by atoms with Crippen molar-refractivity contribution >= 4 is 29.1 Å². The molecule has 0 aromatic carbocycles. The predicted molar refractivity (Wildman–Crippen MR) is 57.4 cm³/mol. The maximum Gasteiger partial charge on any atom is 0.255 e. The number of alkyl halides is 2. The Hall–Kier alpha value is -0.210. The minimum Gasteiger partial charge on any atom is -0.340 e. The van der Waals surface area contributed by atoms with E-state index >= 15 is 0 Å². The van der Waals surface area contributed by atoms with E-state index < -0.39 is 4.84 Å². The quantitative estimate of drug-likeness (QED) is 0.530. The average Bonchev–Trinajstić information content (AvgIpc) is 2.76. The van der Waals surface area contributed by atoms with Crippen molar-refractivity contribution in [3.63, 3.8) is 0 Å². The number of allylic oxidation sites excluding steroid dienone is 1. The average molecular weight is 234 g/mol. The summed E-state index contributed by atoms with van der Waals surface area (Å²) >= 11 is 11.1. The van der Waals surface area contributed by atoms with Gasteiger partial charge in [-0.2, -0.15) is 0 Å². The molecule has 2 aliphatic carbocycles. The first-order valence-electron chi connectivity index (χ1n) is 4.82. The van der Waals surface area contributed by atoms with Crippen LogP contribution in [0.2, 0.25) is 0 Å². The number of hydrogen-bond donors (Lipinski definition) is 0. The van der Waals surface area contributed by atoms with Crippen molar-refractivity contribution in [3.8, 4) is 0 Å². The first-order valence-corrected chi connectivity index (χ1v) is 5.70. The Morgan fingerprint density at radius 3 is 2.57 bits per heavy atom. The van der Waals surface area contributed by atoms with Crippen molar-refractivity contribution in [2.75, 3.05) is 7.05 Å². The molecule has 3 atom stereocenters. The van der Waals surface area contributed by atoms with Crippen molar-refractivity contribution in [2.24, 2.45) is 11.8 Å². The van der Waals surface area contributed by atoms with Crippen LogP contribution in [0.4, 0.5) is 0 Å². The lowest BCUT2D eigenvalue weighted by atomic mass is 10.0. The molecule has 1 fully saturated rings. The Morgan fingerprint density at radius 2 is 2.14 bits per heavy atom. The highest BCUT2D eigenvalue weighted by Crippen LogP contribution is 2.41. The standard InChI is InChI=1S/C10H13Cl2NO/c1-13(10(14)9(11)12)8-5-6-2-3-7(8)4-6/h2-3,6-9H,4-5H2,1H3/t6-,7-,8+/m1/s1. The fourth-order valence-corrected chi connectivity index (χ4v) is 2.82. The summed E-state index contributed by atoms with van der Waals surface area (Å²) < 4.78 is 0. The van der Waals surface area contributed by atoms with Crippen LogP contribution < -0.4 is 0 Å². The Bertz CT molecular complexity index is 277. The molecule has 0 aromatic heterocycles. The van der Waals surface area contributed by atoms with Gasteiger partial charge in [0.2, 0.25) is 0 Å². The van der Waals surface area contributed by atoms with Crippen LogP contribution in [0.1, 0.15) is 12.8 Å². The van der Waals surface area contributed by atoms with E-state index in [-0.39, 0.29) is 5.91 Å². The van der Waals surface area contributed by atoms with Gasteiger partial charge in [-0.1, -0.05) is 35.4 Å². The number of fused-ring (bicyclic) bond motifs is 2. The molecule has 0 spiro atoms. The van der Waals surface area contributed by atoms with Crippen LogP contribution >= 0.6 is 23.2 Å². The van der Waals surface area contributed by atoms with Crippen LogP contribution in [0.25, 0.3) is 0 Å². The molecular weight excluding hydrogens is 221 g/mol. The summed E-state index contributed by atoms with van der Waals surface area (Å²) in [5.41, 5.74) is 0. The second-order valence-electron chi connectivity index (χ2n) is 4.10. The molecule has 0 N–H and O–H groups in total. The fourth-order valence-electron chi connectivity index (χ4n) is 2.51. The van der Waals surface area contributed by atoms with E-state index in [1.54, 1.807) is 11.9 Å². The van der Waals surface area contributed by atoms with Crippen LogP contribution in [-0.2, 0) is 4.79 Å². The summed E-state index contributed by atoms with van der Waals surface area (Å²) in [6.45, 7) is 0. The molecule has 2 nitrogen and oxygen atoms in total. The van der Waals surface area contributed by atoms with Crippen molar-refractivity contribution in [1.29, 1.82) is 0 Å². The Balaban J connectivity index is 2.03. The number of carbonyl (C=O) groups excluding carboxylic acids is 1. The minimum atomic E-state index is -0.928. The van der Waals surface area contributed by atoms with Gasteiger partial charge in [-0.15, -0.1) is 0 Å². The van der Waals surface area contributed by atoms with Gasteiger partial charge in [0.1, 0.15) is 0 Å². The molecule has 78 valence electrons. The fraction of sp³-hybridized carbons (Fsp3) is 0.700. The maximum absolute atomic E-state index is 11.5. The van der Waals surface area contributed by atoms with Gasteiger partial charge in [0.25, 0.3) is 5.91 Å². The van der Waals surface area contributed by atoms with E-state index in [2.05, 4.69) is 12.2 Å². The highest BCUT2D eigenvalue weighted by molar-refractivity contribution is 6.53. The van der Waals surface area contributed by atoms with Gasteiger partial charge >= 0.3 is 0 Å². The number of nitrogens with zero attached hydrogens (tertiary/aromatic N) is 1. The van der Waals surface area contributed by atoms with E-state index in [9.17, 15) is 4.79 Å². The SMILES string of the molecule is CN(C(=O)C(Cl)Cl)[C@H]1C[C@@H]2C=C[C@@H]1C2. The minimum absolute atomic E-state index is 0.181. The Labute approximate surface area is 93.9 Å². The Morgan fingerprint density at radius 1 is 1.43 bits per heavy atom. The number of halogens is 2. The third-order valence-electron chi connectivity index (χ3n) is 3.28. The highest BCUT2D eigenvalue weighted by Gasteiger charge is 2.40. The summed E-state index contributed by atoms with van der Waals surface area (Å²) in [4.78, 5) is 12.3. The zero-order chi connectivity index (χ0) is 10.3. The molecule has 0 saturated heterocycles. The molecule has 1 saturated carbocycles. The van der Waals surface area contributed by atoms with Gasteiger partial charge in [0.15, 0.2) is 4.84 Å². The second-order valence-corrected chi connectivity index (χ2v) is 5.19. The third-order valence-corrected chi connectivity index (χ3v) is 3.65. The first-order chi connectivity index (χ1) is 6.59. The molecule has 0 aromatic rings. The van der Waals surface area contributed by atoms with E-state index in [1.165, 1.54) is 6.42 Å². The zero-order valence-electron chi connectivity index (χ0n) is 7.99.